The molecule has 0 fully saturated rings. The largest absolute Gasteiger partial charge is 0.443 e. The summed E-state index contributed by atoms with van der Waals surface area (Å²) < 4.78 is 47.3. The van der Waals surface area contributed by atoms with Gasteiger partial charge in [-0.25, -0.2) is 4.39 Å². The maximum Gasteiger partial charge on any atom is 0.295 e. The van der Waals surface area contributed by atoms with Gasteiger partial charge in [0.05, 0.1) is 10.6 Å². The first kappa shape index (κ1) is 23.3. The smallest absolute Gasteiger partial charge is 0.295 e. The molecule has 1 heterocycles. The van der Waals surface area contributed by atoms with E-state index in [1.54, 1.807) is 36.4 Å². The lowest BCUT2D eigenvalue weighted by atomic mass is 10.2. The predicted octanol–water partition coefficient (Wildman–Crippen LogP) is 6.21. The zero-order valence-electron chi connectivity index (χ0n) is 15.8. The SMILES string of the molecule is C.O=[N+]([O-])c1cccc(CSc2ccc(F)cc2NS(=O)(=O)c2cc3ccccc3o2)c1. The van der Waals surface area contributed by atoms with Crippen LogP contribution in [0.1, 0.15) is 13.0 Å². The van der Waals surface area contributed by atoms with E-state index < -0.39 is 20.8 Å². The summed E-state index contributed by atoms with van der Waals surface area (Å²) in [5.74, 6) is -0.283. The Morgan fingerprint density at radius 2 is 1.81 bits per heavy atom. The first-order chi connectivity index (χ1) is 14.8. The lowest BCUT2D eigenvalue weighted by Gasteiger charge is -2.11. The topological polar surface area (TPSA) is 102 Å². The van der Waals surface area contributed by atoms with Crippen LogP contribution in [0.2, 0.25) is 0 Å². The van der Waals surface area contributed by atoms with Gasteiger partial charge in [-0.1, -0.05) is 37.8 Å². The molecule has 0 saturated heterocycles. The molecule has 0 aliphatic heterocycles. The van der Waals surface area contributed by atoms with Crippen LogP contribution in [0.15, 0.2) is 87.2 Å². The van der Waals surface area contributed by atoms with Crippen molar-refractivity contribution in [1.29, 1.82) is 0 Å². The fourth-order valence-electron chi connectivity index (χ4n) is 2.91. The second kappa shape index (κ2) is 9.41. The highest BCUT2D eigenvalue weighted by Crippen LogP contribution is 2.33. The third kappa shape index (κ3) is 5.09. The van der Waals surface area contributed by atoms with Gasteiger partial charge in [0.1, 0.15) is 11.4 Å². The Labute approximate surface area is 188 Å². The number of furan rings is 1. The maximum atomic E-state index is 13.9. The molecule has 10 heteroatoms. The summed E-state index contributed by atoms with van der Waals surface area (Å²) >= 11 is 1.22. The van der Waals surface area contributed by atoms with Gasteiger partial charge in [-0.3, -0.25) is 14.8 Å². The summed E-state index contributed by atoms with van der Waals surface area (Å²) in [6, 6.07) is 18.1. The Balaban J connectivity index is 0.00000289. The fourth-order valence-corrected chi connectivity index (χ4v) is 4.95. The number of hydrogen-bond donors (Lipinski definition) is 1. The Hall–Kier alpha value is -3.37. The Morgan fingerprint density at radius 1 is 1.03 bits per heavy atom. The average molecular weight is 475 g/mol. The van der Waals surface area contributed by atoms with Crippen LogP contribution in [0.4, 0.5) is 15.8 Å². The number of nitrogens with one attached hydrogen (secondary N) is 1. The van der Waals surface area contributed by atoms with Gasteiger partial charge >= 0.3 is 0 Å². The van der Waals surface area contributed by atoms with E-state index in [0.29, 0.717) is 27.2 Å². The number of sulfonamides is 1. The molecule has 3 aromatic carbocycles. The van der Waals surface area contributed by atoms with Crippen LogP contribution < -0.4 is 4.72 Å². The summed E-state index contributed by atoms with van der Waals surface area (Å²) in [6.45, 7) is 0. The molecule has 0 unspecified atom stereocenters. The standard InChI is InChI=1S/C21H15FN2O5S2.CH4/c22-16-8-9-20(30-13-14-4-3-6-17(10-14)24(25)26)18(12-16)23-31(27,28)21-11-15-5-1-2-7-19(15)29-21;/h1-12,23H,13H2;1H4. The molecule has 0 aliphatic carbocycles. The molecule has 7 nitrogen and oxygen atoms in total. The lowest BCUT2D eigenvalue weighted by Crippen LogP contribution is -2.13. The molecule has 0 atom stereocenters. The van der Waals surface area contributed by atoms with Crippen LogP contribution in [0, 0.1) is 15.9 Å². The highest BCUT2D eigenvalue weighted by Gasteiger charge is 2.21. The van der Waals surface area contributed by atoms with Gasteiger partial charge in [-0.15, -0.1) is 11.8 Å². The highest BCUT2D eigenvalue weighted by atomic mass is 32.2. The van der Waals surface area contributed by atoms with E-state index in [-0.39, 0.29) is 23.9 Å². The molecular formula is C22H19FN2O5S2. The van der Waals surface area contributed by atoms with E-state index in [0.717, 1.165) is 6.07 Å². The molecule has 0 aliphatic rings. The van der Waals surface area contributed by atoms with Gasteiger partial charge < -0.3 is 4.42 Å². The summed E-state index contributed by atoms with van der Waals surface area (Å²) in [5, 5.41) is 11.3. The van der Waals surface area contributed by atoms with Gasteiger partial charge in [0.2, 0.25) is 5.09 Å². The highest BCUT2D eigenvalue weighted by molar-refractivity contribution is 7.98. The fraction of sp³-hybridized carbons (Fsp3) is 0.0909. The summed E-state index contributed by atoms with van der Waals surface area (Å²) in [5.41, 5.74) is 1.11. The number of para-hydroxylation sites is 1. The van der Waals surface area contributed by atoms with E-state index in [9.17, 15) is 22.9 Å². The van der Waals surface area contributed by atoms with Crippen LogP contribution in [-0.4, -0.2) is 13.3 Å². The first-order valence-corrected chi connectivity index (χ1v) is 11.5. The van der Waals surface area contributed by atoms with Crippen molar-refractivity contribution in [2.24, 2.45) is 0 Å². The van der Waals surface area contributed by atoms with Crippen molar-refractivity contribution in [2.75, 3.05) is 4.72 Å². The Bertz CT molecular complexity index is 1350. The van der Waals surface area contributed by atoms with Gasteiger partial charge in [-0.05, 0) is 29.8 Å². The minimum absolute atomic E-state index is 0. The second-order valence-electron chi connectivity index (χ2n) is 6.56. The third-order valence-corrected chi connectivity index (χ3v) is 6.73. The summed E-state index contributed by atoms with van der Waals surface area (Å²) in [6.07, 6.45) is 0. The second-order valence-corrected chi connectivity index (χ2v) is 9.20. The molecule has 166 valence electrons. The van der Waals surface area contributed by atoms with Gasteiger partial charge in [0, 0.05) is 34.2 Å². The quantitative estimate of drug-likeness (QED) is 0.194. The van der Waals surface area contributed by atoms with Crippen molar-refractivity contribution in [3.63, 3.8) is 0 Å². The molecule has 0 spiro atoms. The van der Waals surface area contributed by atoms with Crippen molar-refractivity contribution in [2.45, 2.75) is 23.2 Å². The number of rotatable bonds is 7. The van der Waals surface area contributed by atoms with Crippen molar-refractivity contribution in [3.8, 4) is 0 Å². The normalized spacial score (nSPS) is 11.2. The number of anilines is 1. The van der Waals surface area contributed by atoms with E-state index >= 15 is 0 Å². The molecule has 0 radical (unpaired) electrons. The zero-order chi connectivity index (χ0) is 22.0. The first-order valence-electron chi connectivity index (χ1n) is 8.99. The zero-order valence-corrected chi connectivity index (χ0v) is 17.5. The van der Waals surface area contributed by atoms with Crippen LogP contribution in [0.25, 0.3) is 11.0 Å². The van der Waals surface area contributed by atoms with Gasteiger partial charge in [-0.2, -0.15) is 8.42 Å². The predicted molar refractivity (Wildman–Crippen MR) is 123 cm³/mol. The van der Waals surface area contributed by atoms with E-state index in [2.05, 4.69) is 4.72 Å². The molecule has 1 N–H and O–H groups in total. The number of nitro benzene ring substituents is 1. The Morgan fingerprint density at radius 3 is 2.56 bits per heavy atom. The molecule has 1 aromatic heterocycles. The number of non-ortho nitro benzene ring substituents is 1. The minimum atomic E-state index is -4.10. The molecule has 4 rings (SSSR count). The lowest BCUT2D eigenvalue weighted by molar-refractivity contribution is -0.384. The van der Waals surface area contributed by atoms with Crippen molar-refractivity contribution < 1.29 is 22.1 Å². The number of nitrogens with zero attached hydrogens (tertiary/aromatic N) is 1. The minimum Gasteiger partial charge on any atom is -0.443 e. The van der Waals surface area contributed by atoms with Crippen LogP contribution in [0.3, 0.4) is 0 Å². The van der Waals surface area contributed by atoms with E-state index in [1.165, 1.54) is 42.1 Å². The number of benzene rings is 3. The molecule has 0 bridgehead atoms. The summed E-state index contributed by atoms with van der Waals surface area (Å²) in [7, 11) is -4.10. The monoisotopic (exact) mass is 474 g/mol. The van der Waals surface area contributed by atoms with Crippen LogP contribution in [0.5, 0.6) is 0 Å². The third-order valence-electron chi connectivity index (χ3n) is 4.37. The average Bonchev–Trinajstić information content (AvgIpc) is 3.18. The summed E-state index contributed by atoms with van der Waals surface area (Å²) in [4.78, 5) is 10.9. The Kier molecular flexibility index (Phi) is 6.85. The van der Waals surface area contributed by atoms with Gasteiger partial charge in [0.25, 0.3) is 15.7 Å². The van der Waals surface area contributed by atoms with E-state index in [1.807, 2.05) is 0 Å². The molecule has 0 amide bonds. The van der Waals surface area contributed by atoms with Crippen LogP contribution >= 0.6 is 11.8 Å². The van der Waals surface area contributed by atoms with Gasteiger partial charge in [0.15, 0.2) is 0 Å². The number of thioether (sulfide) groups is 1. The maximum absolute atomic E-state index is 13.9. The number of halogens is 1. The number of fused-ring (bicyclic) bond motifs is 1. The molecule has 4 aromatic rings. The van der Waals surface area contributed by atoms with Crippen molar-refractivity contribution in [1.82, 2.24) is 0 Å². The number of nitro groups is 1. The number of hydrogen-bond acceptors (Lipinski definition) is 6. The van der Waals surface area contributed by atoms with Crippen molar-refractivity contribution >= 4 is 44.1 Å². The molecular weight excluding hydrogens is 455 g/mol. The molecule has 0 saturated carbocycles. The van der Waals surface area contributed by atoms with Crippen LogP contribution in [-0.2, 0) is 15.8 Å². The molecule has 32 heavy (non-hydrogen) atoms. The van der Waals surface area contributed by atoms with Crippen molar-refractivity contribution in [3.05, 3.63) is 94.3 Å². The van der Waals surface area contributed by atoms with E-state index in [4.69, 9.17) is 4.42 Å².